The Kier molecular flexibility index (Phi) is 5.26. The predicted octanol–water partition coefficient (Wildman–Crippen LogP) is 6.52. The van der Waals surface area contributed by atoms with Crippen LogP contribution in [-0.2, 0) is 17.9 Å². The molecule has 4 aromatic rings. The van der Waals surface area contributed by atoms with Gasteiger partial charge < -0.3 is 9.30 Å². The predicted molar refractivity (Wildman–Crippen MR) is 114 cm³/mol. The number of aromatic nitrogens is 1. The van der Waals surface area contributed by atoms with Crippen molar-refractivity contribution < 1.29 is 4.74 Å². The molecule has 0 aliphatic heterocycles. The number of benzene rings is 3. The van der Waals surface area contributed by atoms with Crippen LogP contribution in [0.5, 0.6) is 0 Å². The molecule has 0 aliphatic carbocycles. The maximum atomic E-state index is 6.00. The second kappa shape index (κ2) is 7.98. The molecule has 0 amide bonds. The summed E-state index contributed by atoms with van der Waals surface area (Å²) in [5.41, 5.74) is 5.20. The maximum Gasteiger partial charge on any atom is 0.0717 e. The summed E-state index contributed by atoms with van der Waals surface area (Å²) in [5, 5.41) is 2.63. The van der Waals surface area contributed by atoms with E-state index < -0.39 is 0 Å². The SMILES string of the molecule is CCC(C)c1ccc(COCCn2c3ccccc3c3ccccc32)cc1. The minimum Gasteiger partial charge on any atom is -0.375 e. The highest BCUT2D eigenvalue weighted by Crippen LogP contribution is 2.28. The van der Waals surface area contributed by atoms with Crippen LogP contribution >= 0.6 is 0 Å². The largest absolute Gasteiger partial charge is 0.375 e. The van der Waals surface area contributed by atoms with E-state index in [1.807, 2.05) is 0 Å². The molecule has 1 atom stereocenters. The Morgan fingerprint density at radius 3 is 2.00 bits per heavy atom. The van der Waals surface area contributed by atoms with Crippen LogP contribution in [0.3, 0.4) is 0 Å². The first kappa shape index (κ1) is 17.8. The maximum absolute atomic E-state index is 6.00. The Balaban J connectivity index is 1.43. The quantitative estimate of drug-likeness (QED) is 0.343. The van der Waals surface area contributed by atoms with E-state index in [0.717, 1.165) is 6.54 Å². The van der Waals surface area contributed by atoms with Gasteiger partial charge in [-0.3, -0.25) is 0 Å². The van der Waals surface area contributed by atoms with Gasteiger partial charge in [0.25, 0.3) is 0 Å². The second-order valence-corrected chi connectivity index (χ2v) is 7.29. The van der Waals surface area contributed by atoms with Crippen molar-refractivity contribution in [3.8, 4) is 0 Å². The third-order valence-corrected chi connectivity index (χ3v) is 5.57. The van der Waals surface area contributed by atoms with E-state index in [-0.39, 0.29) is 0 Å². The van der Waals surface area contributed by atoms with Gasteiger partial charge in [0.05, 0.1) is 13.2 Å². The number of para-hydroxylation sites is 2. The molecule has 0 spiro atoms. The fourth-order valence-corrected chi connectivity index (χ4v) is 3.77. The molecule has 1 unspecified atom stereocenters. The lowest BCUT2D eigenvalue weighted by molar-refractivity contribution is 0.114. The Morgan fingerprint density at radius 2 is 1.41 bits per heavy atom. The monoisotopic (exact) mass is 357 g/mol. The molecule has 3 aromatic carbocycles. The van der Waals surface area contributed by atoms with Crippen LogP contribution in [0, 0.1) is 0 Å². The number of hydrogen-bond donors (Lipinski definition) is 0. The van der Waals surface area contributed by atoms with E-state index in [9.17, 15) is 0 Å². The van der Waals surface area contributed by atoms with Crippen molar-refractivity contribution in [1.29, 1.82) is 0 Å². The first-order valence-corrected chi connectivity index (χ1v) is 9.90. The smallest absolute Gasteiger partial charge is 0.0717 e. The fourth-order valence-electron chi connectivity index (χ4n) is 3.77. The first-order valence-electron chi connectivity index (χ1n) is 9.90. The molecule has 0 aliphatic rings. The highest BCUT2D eigenvalue weighted by Gasteiger charge is 2.09. The van der Waals surface area contributed by atoms with Crippen LogP contribution in [0.25, 0.3) is 21.8 Å². The van der Waals surface area contributed by atoms with Gasteiger partial charge in [0, 0.05) is 28.4 Å². The van der Waals surface area contributed by atoms with Crippen molar-refractivity contribution in [2.24, 2.45) is 0 Å². The number of hydrogen-bond acceptors (Lipinski definition) is 1. The van der Waals surface area contributed by atoms with E-state index in [0.29, 0.717) is 19.1 Å². The molecule has 2 nitrogen and oxygen atoms in total. The Bertz CT molecular complexity index is 976. The standard InChI is InChI=1S/C25H27NO/c1-3-19(2)21-14-12-20(13-15-21)18-27-17-16-26-24-10-6-4-8-22(24)23-9-5-7-11-25(23)26/h4-15,19H,3,16-18H2,1-2H3. The molecular weight excluding hydrogens is 330 g/mol. The van der Waals surface area contributed by atoms with Gasteiger partial charge in [0.15, 0.2) is 0 Å². The van der Waals surface area contributed by atoms with Crippen LogP contribution in [0.4, 0.5) is 0 Å². The van der Waals surface area contributed by atoms with Gasteiger partial charge in [-0.05, 0) is 35.6 Å². The molecule has 138 valence electrons. The third kappa shape index (κ3) is 3.63. The molecule has 0 saturated heterocycles. The van der Waals surface area contributed by atoms with Crippen LogP contribution in [0.1, 0.15) is 37.3 Å². The molecule has 0 fully saturated rings. The van der Waals surface area contributed by atoms with Gasteiger partial charge in [0.2, 0.25) is 0 Å². The van der Waals surface area contributed by atoms with E-state index in [1.165, 1.54) is 39.4 Å². The lowest BCUT2D eigenvalue weighted by Gasteiger charge is -2.11. The zero-order chi connectivity index (χ0) is 18.6. The lowest BCUT2D eigenvalue weighted by Crippen LogP contribution is -2.06. The molecule has 0 N–H and O–H groups in total. The summed E-state index contributed by atoms with van der Waals surface area (Å²) in [5.74, 6) is 0.621. The summed E-state index contributed by atoms with van der Waals surface area (Å²) in [6.07, 6.45) is 1.18. The zero-order valence-corrected chi connectivity index (χ0v) is 16.2. The van der Waals surface area contributed by atoms with E-state index >= 15 is 0 Å². The second-order valence-electron chi connectivity index (χ2n) is 7.29. The molecule has 0 bridgehead atoms. The van der Waals surface area contributed by atoms with Gasteiger partial charge >= 0.3 is 0 Å². The normalized spacial score (nSPS) is 12.7. The van der Waals surface area contributed by atoms with Gasteiger partial charge in [-0.2, -0.15) is 0 Å². The third-order valence-electron chi connectivity index (χ3n) is 5.57. The summed E-state index contributed by atoms with van der Waals surface area (Å²) in [7, 11) is 0. The summed E-state index contributed by atoms with van der Waals surface area (Å²) >= 11 is 0. The Morgan fingerprint density at radius 1 is 0.815 bits per heavy atom. The van der Waals surface area contributed by atoms with E-state index in [1.54, 1.807) is 0 Å². The number of nitrogens with zero attached hydrogens (tertiary/aromatic N) is 1. The van der Waals surface area contributed by atoms with Gasteiger partial charge in [-0.1, -0.05) is 74.5 Å². The topological polar surface area (TPSA) is 14.2 Å². The summed E-state index contributed by atoms with van der Waals surface area (Å²) < 4.78 is 8.37. The van der Waals surface area contributed by atoms with Crippen LogP contribution < -0.4 is 0 Å². The summed E-state index contributed by atoms with van der Waals surface area (Å²) in [4.78, 5) is 0. The molecule has 1 heterocycles. The van der Waals surface area contributed by atoms with Crippen molar-refractivity contribution in [2.75, 3.05) is 6.61 Å². The van der Waals surface area contributed by atoms with Crippen LogP contribution in [0.15, 0.2) is 72.8 Å². The molecule has 27 heavy (non-hydrogen) atoms. The van der Waals surface area contributed by atoms with Crippen molar-refractivity contribution in [1.82, 2.24) is 4.57 Å². The van der Waals surface area contributed by atoms with Gasteiger partial charge in [0.1, 0.15) is 0 Å². The molecule has 2 heteroatoms. The van der Waals surface area contributed by atoms with E-state index in [4.69, 9.17) is 4.74 Å². The number of fused-ring (bicyclic) bond motifs is 3. The number of rotatable bonds is 7. The summed E-state index contributed by atoms with van der Waals surface area (Å²) in [6.45, 7) is 6.74. The Labute approximate surface area is 161 Å². The molecule has 1 aromatic heterocycles. The van der Waals surface area contributed by atoms with Crippen molar-refractivity contribution in [3.63, 3.8) is 0 Å². The highest BCUT2D eigenvalue weighted by atomic mass is 16.5. The minimum absolute atomic E-state index is 0.621. The van der Waals surface area contributed by atoms with Crippen molar-refractivity contribution in [2.45, 2.75) is 39.3 Å². The van der Waals surface area contributed by atoms with Crippen molar-refractivity contribution in [3.05, 3.63) is 83.9 Å². The van der Waals surface area contributed by atoms with Crippen molar-refractivity contribution >= 4 is 21.8 Å². The zero-order valence-electron chi connectivity index (χ0n) is 16.2. The molecule has 0 saturated carbocycles. The Hall–Kier alpha value is -2.58. The highest BCUT2D eigenvalue weighted by molar-refractivity contribution is 6.07. The van der Waals surface area contributed by atoms with Crippen LogP contribution in [0.2, 0.25) is 0 Å². The van der Waals surface area contributed by atoms with Crippen LogP contribution in [-0.4, -0.2) is 11.2 Å². The number of ether oxygens (including phenoxy) is 1. The molecular formula is C25H27NO. The lowest BCUT2D eigenvalue weighted by atomic mass is 9.98. The summed E-state index contributed by atoms with van der Waals surface area (Å²) in [6, 6.07) is 26.1. The fraction of sp³-hybridized carbons (Fsp3) is 0.280. The minimum atomic E-state index is 0.621. The molecule has 0 radical (unpaired) electrons. The first-order chi connectivity index (χ1) is 13.3. The average Bonchev–Trinajstić information content (AvgIpc) is 3.05. The van der Waals surface area contributed by atoms with Gasteiger partial charge in [-0.15, -0.1) is 0 Å². The molecule has 4 rings (SSSR count). The van der Waals surface area contributed by atoms with Gasteiger partial charge in [-0.25, -0.2) is 0 Å². The van der Waals surface area contributed by atoms with E-state index in [2.05, 4.69) is 91.2 Å². The average molecular weight is 357 g/mol.